The van der Waals surface area contributed by atoms with Gasteiger partial charge in [-0.1, -0.05) is 24.3 Å². The molecule has 0 saturated carbocycles. The minimum atomic E-state index is 0.109. The second-order valence-electron chi connectivity index (χ2n) is 5.53. The van der Waals surface area contributed by atoms with Gasteiger partial charge in [0.15, 0.2) is 5.78 Å². The number of carbonyl (C=O) groups excluding carboxylic acids is 1. The van der Waals surface area contributed by atoms with Crippen LogP contribution < -0.4 is 4.74 Å². The molecule has 0 aliphatic heterocycles. The first-order valence-corrected chi connectivity index (χ1v) is 7.62. The molecule has 2 nitrogen and oxygen atoms in total. The van der Waals surface area contributed by atoms with Gasteiger partial charge >= 0.3 is 0 Å². The van der Waals surface area contributed by atoms with Gasteiger partial charge in [0.05, 0.1) is 6.61 Å². The van der Waals surface area contributed by atoms with Crippen LogP contribution in [0.5, 0.6) is 5.75 Å². The Labute approximate surface area is 125 Å². The van der Waals surface area contributed by atoms with Gasteiger partial charge in [0.25, 0.3) is 0 Å². The summed E-state index contributed by atoms with van der Waals surface area (Å²) >= 11 is 0. The van der Waals surface area contributed by atoms with E-state index < -0.39 is 0 Å². The molecule has 1 aliphatic rings. The van der Waals surface area contributed by atoms with Gasteiger partial charge in [0.1, 0.15) is 5.75 Å². The Balaban J connectivity index is 1.74. The molecule has 2 heteroatoms. The number of hydrogen-bond donors (Lipinski definition) is 0. The van der Waals surface area contributed by atoms with Gasteiger partial charge < -0.3 is 4.74 Å². The normalized spacial score (nSPS) is 17.1. The first-order chi connectivity index (χ1) is 10.3. The minimum Gasteiger partial charge on any atom is -0.494 e. The molecule has 21 heavy (non-hydrogen) atoms. The largest absolute Gasteiger partial charge is 0.494 e. The van der Waals surface area contributed by atoms with E-state index in [1.165, 1.54) is 11.1 Å². The lowest BCUT2D eigenvalue weighted by Crippen LogP contribution is -2.22. The second-order valence-corrected chi connectivity index (χ2v) is 5.53. The van der Waals surface area contributed by atoms with Crippen LogP contribution in [0.2, 0.25) is 0 Å². The molecule has 0 saturated heterocycles. The van der Waals surface area contributed by atoms with Gasteiger partial charge in [0, 0.05) is 11.5 Å². The van der Waals surface area contributed by atoms with Crippen LogP contribution in [0.15, 0.2) is 48.5 Å². The van der Waals surface area contributed by atoms with E-state index in [-0.39, 0.29) is 11.7 Å². The van der Waals surface area contributed by atoms with Crippen LogP contribution >= 0.6 is 0 Å². The number of aryl methyl sites for hydroxylation is 1. The fourth-order valence-corrected chi connectivity index (χ4v) is 3.04. The van der Waals surface area contributed by atoms with E-state index in [1.54, 1.807) is 0 Å². The molecule has 1 unspecified atom stereocenters. The first kappa shape index (κ1) is 13.9. The number of benzene rings is 2. The van der Waals surface area contributed by atoms with Crippen molar-refractivity contribution in [3.63, 3.8) is 0 Å². The third-order valence-electron chi connectivity index (χ3n) is 4.17. The maximum Gasteiger partial charge on any atom is 0.166 e. The second kappa shape index (κ2) is 6.13. The molecular formula is C19H20O2. The Hall–Kier alpha value is -2.09. The van der Waals surface area contributed by atoms with Gasteiger partial charge in [-0.15, -0.1) is 0 Å². The molecule has 0 heterocycles. The van der Waals surface area contributed by atoms with Gasteiger partial charge in [-0.05, 0) is 61.6 Å². The molecule has 108 valence electrons. The number of carbonyl (C=O) groups is 1. The van der Waals surface area contributed by atoms with E-state index in [4.69, 9.17) is 4.74 Å². The van der Waals surface area contributed by atoms with Gasteiger partial charge in [-0.25, -0.2) is 0 Å². The summed E-state index contributed by atoms with van der Waals surface area (Å²) in [5, 5.41) is 0. The Kier molecular flexibility index (Phi) is 4.05. The number of hydrogen-bond acceptors (Lipinski definition) is 2. The number of fused-ring (bicyclic) bond motifs is 1. The Morgan fingerprint density at radius 1 is 1.10 bits per heavy atom. The standard InChI is InChI=1S/C19H20O2/c1-2-21-18-11-9-15(10-12-18)19(20)17-8-7-14-5-3-4-6-16(14)13-17/h3-6,9-12,17H,2,7-8,13H2,1H3. The highest BCUT2D eigenvalue weighted by atomic mass is 16.5. The van der Waals surface area contributed by atoms with Crippen molar-refractivity contribution in [2.24, 2.45) is 5.92 Å². The smallest absolute Gasteiger partial charge is 0.166 e. The molecule has 0 amide bonds. The van der Waals surface area contributed by atoms with E-state index >= 15 is 0 Å². The summed E-state index contributed by atoms with van der Waals surface area (Å²) < 4.78 is 5.42. The Bertz CT molecular complexity index is 628. The van der Waals surface area contributed by atoms with Crippen molar-refractivity contribution in [2.45, 2.75) is 26.2 Å². The molecule has 0 bridgehead atoms. The monoisotopic (exact) mass is 280 g/mol. The molecule has 0 radical (unpaired) electrons. The van der Waals surface area contributed by atoms with Crippen molar-refractivity contribution in [1.82, 2.24) is 0 Å². The lowest BCUT2D eigenvalue weighted by Gasteiger charge is -2.23. The lowest BCUT2D eigenvalue weighted by atomic mass is 9.80. The number of rotatable bonds is 4. The van der Waals surface area contributed by atoms with Crippen LogP contribution in [0.25, 0.3) is 0 Å². The molecular weight excluding hydrogens is 260 g/mol. The van der Waals surface area contributed by atoms with Crippen molar-refractivity contribution in [3.05, 3.63) is 65.2 Å². The fourth-order valence-electron chi connectivity index (χ4n) is 3.04. The van der Waals surface area contributed by atoms with Crippen LogP contribution in [-0.4, -0.2) is 12.4 Å². The molecule has 1 atom stereocenters. The van der Waals surface area contributed by atoms with Crippen LogP contribution in [0.1, 0.15) is 34.8 Å². The predicted octanol–water partition coefficient (Wildman–Crippen LogP) is 4.07. The molecule has 0 fully saturated rings. The molecule has 0 spiro atoms. The summed E-state index contributed by atoms with van der Waals surface area (Å²) in [5.74, 6) is 1.19. The predicted molar refractivity (Wildman–Crippen MR) is 83.9 cm³/mol. The van der Waals surface area contributed by atoms with Gasteiger partial charge in [-0.2, -0.15) is 0 Å². The highest BCUT2D eigenvalue weighted by Crippen LogP contribution is 2.28. The molecule has 3 rings (SSSR count). The molecule has 0 N–H and O–H groups in total. The number of ether oxygens (including phenoxy) is 1. The van der Waals surface area contributed by atoms with E-state index in [0.29, 0.717) is 6.61 Å². The summed E-state index contributed by atoms with van der Waals surface area (Å²) in [4.78, 5) is 12.6. The van der Waals surface area contributed by atoms with Crippen LogP contribution in [0.4, 0.5) is 0 Å². The Morgan fingerprint density at radius 2 is 1.81 bits per heavy atom. The molecule has 2 aromatic carbocycles. The van der Waals surface area contributed by atoms with Gasteiger partial charge in [-0.3, -0.25) is 4.79 Å². The third-order valence-corrected chi connectivity index (χ3v) is 4.17. The zero-order valence-corrected chi connectivity index (χ0v) is 12.3. The van der Waals surface area contributed by atoms with Crippen LogP contribution in [0, 0.1) is 5.92 Å². The summed E-state index contributed by atoms with van der Waals surface area (Å²) in [6.45, 7) is 2.60. The first-order valence-electron chi connectivity index (χ1n) is 7.62. The van der Waals surface area contributed by atoms with Crippen molar-refractivity contribution < 1.29 is 9.53 Å². The van der Waals surface area contributed by atoms with Gasteiger partial charge in [0.2, 0.25) is 0 Å². The SMILES string of the molecule is CCOc1ccc(C(=O)C2CCc3ccccc3C2)cc1. The number of Topliss-reactive ketones (excluding diaryl/α,β-unsaturated/α-hetero) is 1. The quantitative estimate of drug-likeness (QED) is 0.789. The van der Waals surface area contributed by atoms with E-state index in [9.17, 15) is 4.79 Å². The summed E-state index contributed by atoms with van der Waals surface area (Å²) in [5.41, 5.74) is 3.52. The van der Waals surface area contributed by atoms with Crippen molar-refractivity contribution >= 4 is 5.78 Å². The summed E-state index contributed by atoms with van der Waals surface area (Å²) in [6.07, 6.45) is 2.81. The fraction of sp³-hybridized carbons (Fsp3) is 0.316. The van der Waals surface area contributed by atoms with Crippen LogP contribution in [-0.2, 0) is 12.8 Å². The minimum absolute atomic E-state index is 0.109. The summed E-state index contributed by atoms with van der Waals surface area (Å²) in [6, 6.07) is 16.0. The number of ketones is 1. The average molecular weight is 280 g/mol. The van der Waals surface area contributed by atoms with E-state index in [1.807, 2.05) is 31.2 Å². The average Bonchev–Trinajstić information content (AvgIpc) is 2.55. The topological polar surface area (TPSA) is 26.3 Å². The maximum absolute atomic E-state index is 12.6. The molecule has 2 aromatic rings. The molecule has 0 aromatic heterocycles. The van der Waals surface area contributed by atoms with Crippen molar-refractivity contribution in [3.8, 4) is 5.75 Å². The highest BCUT2D eigenvalue weighted by Gasteiger charge is 2.25. The summed E-state index contributed by atoms with van der Waals surface area (Å²) in [7, 11) is 0. The lowest BCUT2D eigenvalue weighted by molar-refractivity contribution is 0.0908. The highest BCUT2D eigenvalue weighted by molar-refractivity contribution is 5.98. The van der Waals surface area contributed by atoms with E-state index in [2.05, 4.69) is 24.3 Å². The van der Waals surface area contributed by atoms with E-state index in [0.717, 1.165) is 30.6 Å². The van der Waals surface area contributed by atoms with Crippen molar-refractivity contribution in [2.75, 3.05) is 6.61 Å². The third kappa shape index (κ3) is 2.99. The Morgan fingerprint density at radius 3 is 2.52 bits per heavy atom. The zero-order valence-electron chi connectivity index (χ0n) is 12.3. The zero-order chi connectivity index (χ0) is 14.7. The van der Waals surface area contributed by atoms with Crippen molar-refractivity contribution in [1.29, 1.82) is 0 Å². The molecule has 1 aliphatic carbocycles. The maximum atomic E-state index is 12.6. The van der Waals surface area contributed by atoms with Crippen LogP contribution in [0.3, 0.4) is 0 Å².